The fraction of sp³-hybridized carbons (Fsp3) is 0.273. The number of nitrogens with two attached hydrogens (primary N) is 1. The fourth-order valence-electron chi connectivity index (χ4n) is 3.34. The van der Waals surface area contributed by atoms with Gasteiger partial charge in [0.25, 0.3) is 5.91 Å². The van der Waals surface area contributed by atoms with Crippen molar-refractivity contribution >= 4 is 29.6 Å². The van der Waals surface area contributed by atoms with E-state index in [1.54, 1.807) is 24.5 Å². The summed E-state index contributed by atoms with van der Waals surface area (Å²) in [6, 6.07) is 9.07. The molecule has 0 unspecified atom stereocenters. The maximum atomic E-state index is 13.0. The van der Waals surface area contributed by atoms with Gasteiger partial charge in [0.2, 0.25) is 0 Å². The molecule has 0 fully saturated rings. The molecule has 4 N–H and O–H groups in total. The summed E-state index contributed by atoms with van der Waals surface area (Å²) in [7, 11) is 0. The number of rotatable bonds is 7. The van der Waals surface area contributed by atoms with Crippen LogP contribution in [0.25, 0.3) is 5.82 Å². The molecule has 2 aromatic heterocycles. The van der Waals surface area contributed by atoms with Gasteiger partial charge in [-0.1, -0.05) is 13.0 Å². The van der Waals surface area contributed by atoms with Crippen LogP contribution < -0.4 is 20.5 Å². The van der Waals surface area contributed by atoms with Gasteiger partial charge in [0, 0.05) is 30.6 Å². The number of carbonyl (C=O) groups excluding carboxylic acids is 1. The molecule has 3 heterocycles. The van der Waals surface area contributed by atoms with E-state index >= 15 is 0 Å². The van der Waals surface area contributed by atoms with E-state index in [0.29, 0.717) is 23.0 Å². The number of hydrogen-bond donors (Lipinski definition) is 3. The lowest BCUT2D eigenvalue weighted by Crippen LogP contribution is -2.48. The number of pyridine rings is 1. The quantitative estimate of drug-likeness (QED) is 0.472. The molecule has 1 aromatic carbocycles. The van der Waals surface area contributed by atoms with E-state index in [4.69, 9.17) is 10.5 Å². The molecule has 4 rings (SSSR count). The van der Waals surface area contributed by atoms with Crippen LogP contribution in [0.5, 0.6) is 5.75 Å². The molecule has 166 valence electrons. The minimum Gasteiger partial charge on any atom is -0.490 e. The number of anilines is 1. The van der Waals surface area contributed by atoms with Gasteiger partial charge in [0.15, 0.2) is 0 Å². The topological polar surface area (TPSA) is 119 Å². The molecule has 0 spiro atoms. The summed E-state index contributed by atoms with van der Waals surface area (Å²) < 4.78 is 15.2. The highest BCUT2D eigenvalue weighted by atomic mass is 32.2. The zero-order chi connectivity index (χ0) is 22.7. The number of benzene rings is 1. The first kappa shape index (κ1) is 21.7. The molecule has 9 nitrogen and oxygen atoms in total. The molecule has 0 bridgehead atoms. The number of fused-ring (bicyclic) bond motifs is 1. The summed E-state index contributed by atoms with van der Waals surface area (Å²) in [5, 5.41) is 3.04. The normalized spacial score (nSPS) is 13.0. The zero-order valence-electron chi connectivity index (χ0n) is 18.1. The first-order valence-corrected chi connectivity index (χ1v) is 11.0. The van der Waals surface area contributed by atoms with Crippen molar-refractivity contribution in [2.45, 2.75) is 32.7 Å². The third-order valence-corrected chi connectivity index (χ3v) is 5.51. The van der Waals surface area contributed by atoms with E-state index in [0.717, 1.165) is 23.5 Å². The third kappa shape index (κ3) is 4.54. The van der Waals surface area contributed by atoms with Gasteiger partial charge >= 0.3 is 0 Å². The third-order valence-electron chi connectivity index (χ3n) is 4.91. The van der Waals surface area contributed by atoms with Crippen LogP contribution in [0.1, 0.15) is 42.5 Å². The maximum Gasteiger partial charge on any atom is 0.252 e. The van der Waals surface area contributed by atoms with Gasteiger partial charge < -0.3 is 20.5 Å². The smallest absolute Gasteiger partial charge is 0.252 e. The largest absolute Gasteiger partial charge is 0.490 e. The van der Waals surface area contributed by atoms with E-state index in [2.05, 4.69) is 24.4 Å². The molecule has 0 saturated heterocycles. The first-order valence-electron chi connectivity index (χ1n) is 10.2. The monoisotopic (exact) mass is 451 g/mol. The Morgan fingerprint density at radius 3 is 2.94 bits per heavy atom. The Kier molecular flexibility index (Phi) is 6.04. The molecule has 0 atom stereocenters. The molecule has 1 amide bonds. The number of nitrogens with one attached hydrogen (secondary N) is 2. The lowest BCUT2D eigenvalue weighted by Gasteiger charge is -2.27. The molecule has 0 radical (unpaired) electrons. The zero-order valence-corrected chi connectivity index (χ0v) is 18.9. The Balaban J connectivity index is 1.46. The molecule has 32 heavy (non-hydrogen) atoms. The summed E-state index contributed by atoms with van der Waals surface area (Å²) in [5.41, 5.74) is 7.48. The highest BCUT2D eigenvalue weighted by Crippen LogP contribution is 2.32. The maximum absolute atomic E-state index is 13.0. The number of imidazole rings is 1. The lowest BCUT2D eigenvalue weighted by molar-refractivity contribution is 0.0880. The number of carbonyl (C=O) groups is 1. The van der Waals surface area contributed by atoms with E-state index in [1.165, 1.54) is 12.1 Å². The van der Waals surface area contributed by atoms with Crippen molar-refractivity contribution in [3.63, 3.8) is 0 Å². The molecule has 1 aliphatic heterocycles. The first-order chi connectivity index (χ1) is 15.4. The minimum absolute atomic E-state index is 0.213. The summed E-state index contributed by atoms with van der Waals surface area (Å²) in [6.45, 7) is 6.07. The highest BCUT2D eigenvalue weighted by Gasteiger charge is 2.25. The van der Waals surface area contributed by atoms with Gasteiger partial charge in [-0.3, -0.25) is 9.36 Å². The van der Waals surface area contributed by atoms with E-state index in [9.17, 15) is 4.79 Å². The Hall–Kier alpha value is -3.53. The van der Waals surface area contributed by atoms with Crippen LogP contribution in [0.3, 0.4) is 0 Å². The molecule has 0 saturated carbocycles. The number of hydrogen-bond acceptors (Lipinski definition) is 8. The fourth-order valence-corrected chi connectivity index (χ4v) is 3.84. The SMILES string of the molecule is CCc1nccn1-c1cc(C(=O)NC(C)(C)COc2cccc3c2C(N)=NSN3)ccn1. The standard InChI is InChI=1S/C22H25N7O2S/c1-4-17-25-10-11-29(17)18-12-14(8-9-24-18)21(30)26-22(2,3)13-31-16-7-5-6-15-19(16)20(23)28-32-27-15/h5-12,27H,4,13H2,1-3H3,(H2,23,28)(H,26,30). The Morgan fingerprint density at radius 1 is 1.28 bits per heavy atom. The van der Waals surface area contributed by atoms with Gasteiger partial charge in [-0.2, -0.15) is 4.40 Å². The summed E-state index contributed by atoms with van der Waals surface area (Å²) in [5.74, 6) is 2.33. The molecular formula is C22H25N7O2S. The Morgan fingerprint density at radius 2 is 2.12 bits per heavy atom. The van der Waals surface area contributed by atoms with Gasteiger partial charge in [-0.15, -0.1) is 0 Å². The van der Waals surface area contributed by atoms with Gasteiger partial charge in [0.1, 0.15) is 29.8 Å². The van der Waals surface area contributed by atoms with Gasteiger partial charge in [-0.05, 0) is 38.1 Å². The predicted octanol–water partition coefficient (Wildman–Crippen LogP) is 3.11. The molecule has 0 aliphatic carbocycles. The minimum atomic E-state index is -0.643. The second-order valence-corrected chi connectivity index (χ2v) is 8.51. The summed E-state index contributed by atoms with van der Waals surface area (Å²) in [4.78, 5) is 21.7. The van der Waals surface area contributed by atoms with E-state index in [1.807, 2.05) is 49.7 Å². The van der Waals surface area contributed by atoms with Crippen molar-refractivity contribution in [3.05, 3.63) is 65.9 Å². The summed E-state index contributed by atoms with van der Waals surface area (Å²) >= 11 is 1.18. The number of aromatic nitrogens is 3. The van der Waals surface area contributed by atoms with Crippen molar-refractivity contribution < 1.29 is 9.53 Å². The number of amidine groups is 1. The van der Waals surface area contributed by atoms with Crippen LogP contribution in [0, 0.1) is 0 Å². The van der Waals surface area contributed by atoms with Crippen molar-refractivity contribution in [2.75, 3.05) is 11.3 Å². The van der Waals surface area contributed by atoms with Crippen LogP contribution in [-0.2, 0) is 6.42 Å². The average Bonchev–Trinajstić information content (AvgIpc) is 3.27. The number of ether oxygens (including phenoxy) is 1. The predicted molar refractivity (Wildman–Crippen MR) is 126 cm³/mol. The van der Waals surface area contributed by atoms with Crippen LogP contribution in [0.2, 0.25) is 0 Å². The van der Waals surface area contributed by atoms with Crippen molar-refractivity contribution in [1.82, 2.24) is 19.9 Å². The average molecular weight is 452 g/mol. The second-order valence-electron chi connectivity index (χ2n) is 7.95. The number of amides is 1. The molecule has 1 aliphatic rings. The Labute approximate surface area is 190 Å². The van der Waals surface area contributed by atoms with Crippen molar-refractivity contribution in [2.24, 2.45) is 10.1 Å². The molecule has 10 heteroatoms. The summed E-state index contributed by atoms with van der Waals surface area (Å²) in [6.07, 6.45) is 5.95. The van der Waals surface area contributed by atoms with Crippen LogP contribution in [0.15, 0.2) is 53.3 Å². The van der Waals surface area contributed by atoms with E-state index in [-0.39, 0.29) is 12.5 Å². The second kappa shape index (κ2) is 8.91. The number of nitrogens with zero attached hydrogens (tertiary/aromatic N) is 4. The van der Waals surface area contributed by atoms with Crippen LogP contribution >= 0.6 is 12.1 Å². The van der Waals surface area contributed by atoms with Gasteiger partial charge in [-0.25, -0.2) is 9.97 Å². The van der Waals surface area contributed by atoms with Crippen LogP contribution in [-0.4, -0.2) is 38.4 Å². The van der Waals surface area contributed by atoms with E-state index < -0.39 is 5.54 Å². The lowest BCUT2D eigenvalue weighted by atomic mass is 10.1. The molecule has 3 aromatic rings. The highest BCUT2D eigenvalue weighted by molar-refractivity contribution is 7.99. The number of aryl methyl sites for hydroxylation is 1. The van der Waals surface area contributed by atoms with Crippen LogP contribution in [0.4, 0.5) is 5.69 Å². The van der Waals surface area contributed by atoms with Crippen molar-refractivity contribution in [1.29, 1.82) is 0 Å². The molecular weight excluding hydrogens is 426 g/mol. The van der Waals surface area contributed by atoms with Crippen molar-refractivity contribution in [3.8, 4) is 11.6 Å². The Bertz CT molecular complexity index is 1170. The van der Waals surface area contributed by atoms with Gasteiger partial charge in [0.05, 0.1) is 28.9 Å².